The Balaban J connectivity index is 1.33. The molecule has 0 radical (unpaired) electrons. The summed E-state index contributed by atoms with van der Waals surface area (Å²) < 4.78 is 0. The Labute approximate surface area is 256 Å². The fourth-order valence-corrected chi connectivity index (χ4v) is 5.19. The van der Waals surface area contributed by atoms with Crippen molar-refractivity contribution in [3.63, 3.8) is 0 Å². The van der Waals surface area contributed by atoms with Crippen molar-refractivity contribution in [3.05, 3.63) is 90.3 Å². The number of benzene rings is 2. The zero-order valence-electron chi connectivity index (χ0n) is 24.1. The number of rotatable bonds is 14. The number of aromatic amines is 3. The Hall–Kier alpha value is -5.47. The van der Waals surface area contributed by atoms with Gasteiger partial charge in [0.1, 0.15) is 18.1 Å². The maximum Gasteiger partial charge on any atom is 0.326 e. The molecular formula is C31H34N8O6. The molecule has 0 aliphatic heterocycles. The molecule has 4 atom stereocenters. The number of H-pyrrole nitrogens is 3. The smallest absolute Gasteiger partial charge is 0.326 e. The number of carboxylic acid groups (broad SMARTS) is 1. The molecule has 0 aliphatic carbocycles. The minimum Gasteiger partial charge on any atom is -0.480 e. The van der Waals surface area contributed by atoms with E-state index in [9.17, 15) is 29.4 Å². The number of carboxylic acids is 1. The van der Waals surface area contributed by atoms with E-state index in [-0.39, 0.29) is 19.3 Å². The highest BCUT2D eigenvalue weighted by Crippen LogP contribution is 2.21. The molecule has 0 saturated carbocycles. The van der Waals surface area contributed by atoms with E-state index in [0.717, 1.165) is 21.8 Å². The van der Waals surface area contributed by atoms with E-state index in [0.29, 0.717) is 16.8 Å². The number of amides is 3. The Bertz CT molecular complexity index is 1800. The summed E-state index contributed by atoms with van der Waals surface area (Å²) in [6.45, 7) is -0.770. The van der Waals surface area contributed by atoms with Crippen LogP contribution in [0.3, 0.4) is 0 Å². The second-order valence-corrected chi connectivity index (χ2v) is 10.7. The normalized spacial score (nSPS) is 14.0. The van der Waals surface area contributed by atoms with Crippen LogP contribution in [-0.4, -0.2) is 84.6 Å². The number of imidazole rings is 1. The van der Waals surface area contributed by atoms with Crippen LogP contribution in [0, 0.1) is 0 Å². The van der Waals surface area contributed by atoms with Gasteiger partial charge in [0.15, 0.2) is 0 Å². The number of nitrogens with one attached hydrogen (secondary N) is 6. The number of hydrogen-bond donors (Lipinski definition) is 9. The Morgan fingerprint density at radius 2 is 1.27 bits per heavy atom. The van der Waals surface area contributed by atoms with Crippen molar-refractivity contribution in [3.8, 4) is 0 Å². The van der Waals surface area contributed by atoms with Crippen molar-refractivity contribution in [1.82, 2.24) is 35.9 Å². The molecule has 14 heteroatoms. The molecule has 5 aromatic rings. The van der Waals surface area contributed by atoms with Gasteiger partial charge in [-0.2, -0.15) is 0 Å². The number of aromatic nitrogens is 4. The van der Waals surface area contributed by atoms with Gasteiger partial charge in [-0.1, -0.05) is 36.4 Å². The first kappa shape index (κ1) is 31.0. The van der Waals surface area contributed by atoms with Gasteiger partial charge in [0.2, 0.25) is 17.7 Å². The first-order chi connectivity index (χ1) is 21.7. The number of aliphatic hydroxyl groups excluding tert-OH is 1. The summed E-state index contributed by atoms with van der Waals surface area (Å²) in [6, 6.07) is 9.76. The summed E-state index contributed by atoms with van der Waals surface area (Å²) in [5.41, 5.74) is 9.62. The molecule has 0 spiro atoms. The first-order valence-electron chi connectivity index (χ1n) is 14.3. The maximum atomic E-state index is 13.7. The molecule has 0 fully saturated rings. The van der Waals surface area contributed by atoms with Crippen LogP contribution in [0.15, 0.2) is 73.4 Å². The second-order valence-electron chi connectivity index (χ2n) is 10.7. The average molecular weight is 615 g/mol. The summed E-state index contributed by atoms with van der Waals surface area (Å²) >= 11 is 0. The minimum absolute atomic E-state index is 0.00750. The van der Waals surface area contributed by atoms with Crippen molar-refractivity contribution in [2.24, 2.45) is 5.73 Å². The van der Waals surface area contributed by atoms with Crippen LogP contribution >= 0.6 is 0 Å². The van der Waals surface area contributed by atoms with Crippen LogP contribution in [0.25, 0.3) is 21.8 Å². The van der Waals surface area contributed by atoms with Crippen LogP contribution in [-0.2, 0) is 38.4 Å². The molecule has 3 heterocycles. The van der Waals surface area contributed by atoms with Gasteiger partial charge in [0.05, 0.1) is 19.0 Å². The lowest BCUT2D eigenvalue weighted by Crippen LogP contribution is -2.58. The molecule has 3 amide bonds. The van der Waals surface area contributed by atoms with Gasteiger partial charge in [0, 0.05) is 65.4 Å². The molecule has 14 nitrogen and oxygen atoms in total. The highest BCUT2D eigenvalue weighted by Gasteiger charge is 2.31. The fraction of sp³-hybridized carbons (Fsp3) is 0.258. The minimum atomic E-state index is -1.43. The number of hydrogen-bond acceptors (Lipinski definition) is 7. The number of aliphatic carboxylic acids is 1. The fourth-order valence-electron chi connectivity index (χ4n) is 5.19. The molecule has 5 rings (SSSR count). The monoisotopic (exact) mass is 614 g/mol. The quantitative estimate of drug-likeness (QED) is 0.0840. The van der Waals surface area contributed by atoms with Crippen molar-refractivity contribution in [2.45, 2.75) is 43.4 Å². The van der Waals surface area contributed by atoms with Gasteiger partial charge in [0.25, 0.3) is 0 Å². The standard InChI is InChI=1S/C31H34N8O6/c32-22(11-19-14-33-16-36-19)28(41)39-27(15-40)30(43)37-25(9-17-12-34-23-7-3-1-5-20(17)23)29(42)38-26(31(44)45)10-18-13-35-24-8-4-2-6-21(18)24/h1-8,12-14,16,22,25-27,34-35,40H,9-11,15,32H2,(H,33,36)(H,37,43)(H,38,42)(H,39,41)(H,44,45). The highest BCUT2D eigenvalue weighted by molar-refractivity contribution is 5.95. The number of fused-ring (bicyclic) bond motifs is 2. The van der Waals surface area contributed by atoms with Crippen LogP contribution < -0.4 is 21.7 Å². The third-order valence-corrected chi connectivity index (χ3v) is 7.59. The Morgan fingerprint density at radius 3 is 1.82 bits per heavy atom. The summed E-state index contributed by atoms with van der Waals surface area (Å²) in [7, 11) is 0. The number of para-hydroxylation sites is 2. The second kappa shape index (κ2) is 13.9. The van der Waals surface area contributed by atoms with Crippen LogP contribution in [0.5, 0.6) is 0 Å². The number of nitrogens with two attached hydrogens (primary N) is 1. The Morgan fingerprint density at radius 1 is 0.733 bits per heavy atom. The van der Waals surface area contributed by atoms with Gasteiger partial charge in [-0.15, -0.1) is 0 Å². The molecule has 234 valence electrons. The SMILES string of the molecule is NC(Cc1cnc[nH]1)C(=O)NC(CO)C(=O)NC(Cc1c[nH]c2ccccc12)C(=O)NC(Cc1c[nH]c2ccccc12)C(=O)O. The largest absolute Gasteiger partial charge is 0.480 e. The van der Waals surface area contributed by atoms with Gasteiger partial charge < -0.3 is 46.8 Å². The predicted molar refractivity (Wildman–Crippen MR) is 165 cm³/mol. The molecule has 3 aromatic heterocycles. The molecular weight excluding hydrogens is 580 g/mol. The molecule has 0 bridgehead atoms. The van der Waals surface area contributed by atoms with E-state index in [1.54, 1.807) is 12.4 Å². The van der Waals surface area contributed by atoms with E-state index in [4.69, 9.17) is 5.73 Å². The average Bonchev–Trinajstić information content (AvgIpc) is 3.80. The van der Waals surface area contributed by atoms with Crippen molar-refractivity contribution >= 4 is 45.5 Å². The van der Waals surface area contributed by atoms with Gasteiger partial charge >= 0.3 is 5.97 Å². The lowest BCUT2D eigenvalue weighted by molar-refractivity contribution is -0.142. The van der Waals surface area contributed by atoms with Crippen LogP contribution in [0.4, 0.5) is 0 Å². The third kappa shape index (κ3) is 7.37. The lowest BCUT2D eigenvalue weighted by atomic mass is 10.0. The molecule has 4 unspecified atom stereocenters. The summed E-state index contributed by atoms with van der Waals surface area (Å²) in [6.07, 6.45) is 6.46. The van der Waals surface area contributed by atoms with E-state index in [1.165, 1.54) is 12.5 Å². The van der Waals surface area contributed by atoms with E-state index in [2.05, 4.69) is 35.9 Å². The van der Waals surface area contributed by atoms with Crippen LogP contribution in [0.1, 0.15) is 16.8 Å². The lowest BCUT2D eigenvalue weighted by Gasteiger charge is -2.24. The predicted octanol–water partition coefficient (Wildman–Crippen LogP) is 0.259. The number of nitrogens with zero attached hydrogens (tertiary/aromatic N) is 1. The van der Waals surface area contributed by atoms with Gasteiger partial charge in [-0.05, 0) is 23.3 Å². The summed E-state index contributed by atoms with van der Waals surface area (Å²) in [5, 5.41) is 29.2. The molecule has 45 heavy (non-hydrogen) atoms. The van der Waals surface area contributed by atoms with E-state index >= 15 is 0 Å². The first-order valence-corrected chi connectivity index (χ1v) is 14.3. The zero-order valence-corrected chi connectivity index (χ0v) is 24.1. The zero-order chi connectivity index (χ0) is 31.9. The summed E-state index contributed by atoms with van der Waals surface area (Å²) in [5.74, 6) is -3.54. The van der Waals surface area contributed by atoms with Crippen molar-refractivity contribution in [2.75, 3.05) is 6.61 Å². The van der Waals surface area contributed by atoms with Gasteiger partial charge in [-0.25, -0.2) is 9.78 Å². The molecule has 0 saturated heterocycles. The number of aliphatic hydroxyl groups is 1. The van der Waals surface area contributed by atoms with E-state index < -0.39 is 54.5 Å². The summed E-state index contributed by atoms with van der Waals surface area (Å²) in [4.78, 5) is 64.9. The number of carbonyl (C=O) groups is 4. The molecule has 0 aliphatic rings. The van der Waals surface area contributed by atoms with Crippen LogP contribution in [0.2, 0.25) is 0 Å². The highest BCUT2D eigenvalue weighted by atomic mass is 16.4. The topological polar surface area (TPSA) is 231 Å². The third-order valence-electron chi connectivity index (χ3n) is 7.59. The van der Waals surface area contributed by atoms with Crippen molar-refractivity contribution < 1.29 is 29.4 Å². The van der Waals surface area contributed by atoms with Crippen molar-refractivity contribution in [1.29, 1.82) is 0 Å². The molecule has 10 N–H and O–H groups in total. The molecule has 2 aromatic carbocycles. The number of carbonyl (C=O) groups excluding carboxylic acids is 3. The Kier molecular flexibility index (Phi) is 9.55. The van der Waals surface area contributed by atoms with Gasteiger partial charge in [-0.3, -0.25) is 14.4 Å². The van der Waals surface area contributed by atoms with E-state index in [1.807, 2.05) is 48.5 Å². The maximum absolute atomic E-state index is 13.7.